The fourth-order valence-corrected chi connectivity index (χ4v) is 1.96. The van der Waals surface area contributed by atoms with E-state index in [-0.39, 0.29) is 18.5 Å². The zero-order valence-electron chi connectivity index (χ0n) is 9.83. The number of aromatic nitrogens is 3. The second kappa shape index (κ2) is 6.58. The molecule has 0 saturated heterocycles. The molecule has 2 aromatic rings. The predicted octanol–water partition coefficient (Wildman–Crippen LogP) is 0.919. The molecule has 0 saturated carbocycles. The summed E-state index contributed by atoms with van der Waals surface area (Å²) in [6.45, 7) is 0.0318. The number of anilines is 1. The number of rotatable bonds is 3. The topological polar surface area (TPSA) is 88.0 Å². The molecule has 0 aromatic carbocycles. The maximum atomic E-state index is 11.9. The molecule has 2 heterocycles. The largest absolute Gasteiger partial charge is 0.395 e. The molecule has 0 spiro atoms. The average Bonchev–Trinajstić information content (AvgIpc) is 2.89. The zero-order chi connectivity index (χ0) is 13.5. The van der Waals surface area contributed by atoms with Crippen LogP contribution in [-0.2, 0) is 0 Å². The van der Waals surface area contributed by atoms with Crippen molar-refractivity contribution in [2.75, 3.05) is 11.9 Å². The fraction of sp³-hybridized carbons (Fsp3) is 0.167. The number of thiophene rings is 1. The van der Waals surface area contributed by atoms with Gasteiger partial charge in [-0.3, -0.25) is 10.1 Å². The molecule has 0 fully saturated rings. The van der Waals surface area contributed by atoms with Crippen molar-refractivity contribution in [3.05, 3.63) is 34.3 Å². The number of aliphatic hydroxyl groups is 1. The van der Waals surface area contributed by atoms with E-state index in [0.717, 1.165) is 4.88 Å². The standard InChI is InChI=1S/C12H10N4O2S/c17-6-2-1-3-10-7-9(8-19-10)11(18)15-12-13-4-5-14-16-12/h4-5,7-8,17H,2,6H2,(H,13,15,16,18). The molecule has 2 aromatic heterocycles. The molecule has 0 aliphatic heterocycles. The van der Waals surface area contributed by atoms with Crippen LogP contribution in [0.2, 0.25) is 0 Å². The smallest absolute Gasteiger partial charge is 0.258 e. The van der Waals surface area contributed by atoms with E-state index in [1.54, 1.807) is 11.4 Å². The third kappa shape index (κ3) is 3.84. The lowest BCUT2D eigenvalue weighted by Gasteiger charge is -1.98. The van der Waals surface area contributed by atoms with Crippen molar-refractivity contribution in [3.8, 4) is 11.8 Å². The van der Waals surface area contributed by atoms with Gasteiger partial charge in [0.2, 0.25) is 5.95 Å². The average molecular weight is 274 g/mol. The van der Waals surface area contributed by atoms with Gasteiger partial charge < -0.3 is 5.11 Å². The molecular formula is C12H10N4O2S. The Bertz CT molecular complexity index is 615. The molecule has 0 bridgehead atoms. The Morgan fingerprint density at radius 1 is 1.47 bits per heavy atom. The van der Waals surface area contributed by atoms with E-state index in [0.29, 0.717) is 12.0 Å². The minimum absolute atomic E-state index is 0.0318. The van der Waals surface area contributed by atoms with Crippen LogP contribution in [0.4, 0.5) is 5.95 Å². The summed E-state index contributed by atoms with van der Waals surface area (Å²) in [5.41, 5.74) is 0.491. The van der Waals surface area contributed by atoms with Gasteiger partial charge in [0.1, 0.15) is 0 Å². The highest BCUT2D eigenvalue weighted by molar-refractivity contribution is 7.10. The molecule has 0 aliphatic carbocycles. The quantitative estimate of drug-likeness (QED) is 0.813. The van der Waals surface area contributed by atoms with Crippen molar-refractivity contribution in [1.29, 1.82) is 0 Å². The van der Waals surface area contributed by atoms with Gasteiger partial charge in [-0.05, 0) is 6.07 Å². The van der Waals surface area contributed by atoms with Crippen molar-refractivity contribution in [3.63, 3.8) is 0 Å². The summed E-state index contributed by atoms with van der Waals surface area (Å²) in [6.07, 6.45) is 3.29. The van der Waals surface area contributed by atoms with Crippen molar-refractivity contribution in [1.82, 2.24) is 15.2 Å². The van der Waals surface area contributed by atoms with Gasteiger partial charge in [0.15, 0.2) is 0 Å². The Morgan fingerprint density at radius 3 is 3.11 bits per heavy atom. The molecule has 19 heavy (non-hydrogen) atoms. The Hall–Kier alpha value is -2.30. The number of carbonyl (C=O) groups excluding carboxylic acids is 1. The lowest BCUT2D eigenvalue weighted by molar-refractivity contribution is 0.102. The molecular weight excluding hydrogens is 264 g/mol. The molecule has 6 nitrogen and oxygen atoms in total. The first kappa shape index (κ1) is 13.1. The van der Waals surface area contributed by atoms with Crippen molar-refractivity contribution < 1.29 is 9.90 Å². The first-order valence-electron chi connectivity index (χ1n) is 5.43. The van der Waals surface area contributed by atoms with E-state index in [4.69, 9.17) is 5.11 Å². The van der Waals surface area contributed by atoms with Crippen molar-refractivity contribution in [2.45, 2.75) is 6.42 Å². The summed E-state index contributed by atoms with van der Waals surface area (Å²) >= 11 is 1.37. The van der Waals surface area contributed by atoms with Crippen molar-refractivity contribution in [2.24, 2.45) is 0 Å². The second-order valence-corrected chi connectivity index (χ2v) is 4.31. The van der Waals surface area contributed by atoms with Crippen LogP contribution in [0.3, 0.4) is 0 Å². The van der Waals surface area contributed by atoms with Crippen LogP contribution in [0, 0.1) is 11.8 Å². The van der Waals surface area contributed by atoms with E-state index in [2.05, 4.69) is 32.3 Å². The minimum atomic E-state index is -0.306. The van der Waals surface area contributed by atoms with Crippen LogP contribution in [0.15, 0.2) is 23.8 Å². The molecule has 7 heteroatoms. The number of nitrogens with zero attached hydrogens (tertiary/aromatic N) is 3. The van der Waals surface area contributed by atoms with Gasteiger partial charge in [0.05, 0.1) is 29.4 Å². The number of aliphatic hydroxyl groups excluding tert-OH is 1. The van der Waals surface area contributed by atoms with Crippen LogP contribution in [0.5, 0.6) is 0 Å². The first-order chi connectivity index (χ1) is 9.29. The molecule has 1 amide bonds. The summed E-state index contributed by atoms with van der Waals surface area (Å²) in [5, 5.41) is 20.1. The van der Waals surface area contributed by atoms with Crippen LogP contribution < -0.4 is 5.32 Å². The summed E-state index contributed by atoms with van der Waals surface area (Å²) in [7, 11) is 0. The third-order valence-corrected chi connectivity index (χ3v) is 2.86. The minimum Gasteiger partial charge on any atom is -0.395 e. The molecule has 0 unspecified atom stereocenters. The van der Waals surface area contributed by atoms with Gasteiger partial charge in [-0.25, -0.2) is 4.98 Å². The van der Waals surface area contributed by atoms with Gasteiger partial charge in [0.25, 0.3) is 5.91 Å². The Morgan fingerprint density at radius 2 is 2.37 bits per heavy atom. The Labute approximate surface area is 113 Å². The highest BCUT2D eigenvalue weighted by Crippen LogP contribution is 2.14. The number of carbonyl (C=O) groups is 1. The molecule has 2 rings (SSSR count). The number of amides is 1. The van der Waals surface area contributed by atoms with Crippen LogP contribution >= 0.6 is 11.3 Å². The zero-order valence-corrected chi connectivity index (χ0v) is 10.6. The van der Waals surface area contributed by atoms with Gasteiger partial charge >= 0.3 is 0 Å². The van der Waals surface area contributed by atoms with E-state index >= 15 is 0 Å². The van der Waals surface area contributed by atoms with Gasteiger partial charge in [-0.2, -0.15) is 5.10 Å². The highest BCUT2D eigenvalue weighted by atomic mass is 32.1. The molecule has 96 valence electrons. The van der Waals surface area contributed by atoms with Gasteiger partial charge in [-0.1, -0.05) is 11.8 Å². The van der Waals surface area contributed by atoms with E-state index < -0.39 is 0 Å². The maximum absolute atomic E-state index is 11.9. The molecule has 0 aliphatic rings. The lowest BCUT2D eigenvalue weighted by atomic mass is 10.3. The van der Waals surface area contributed by atoms with Crippen LogP contribution in [0.1, 0.15) is 21.7 Å². The summed E-state index contributed by atoms with van der Waals surface area (Å²) < 4.78 is 0. The fourth-order valence-electron chi connectivity index (χ4n) is 1.20. The van der Waals surface area contributed by atoms with Gasteiger partial charge in [-0.15, -0.1) is 16.4 Å². The number of hydrogen-bond acceptors (Lipinski definition) is 6. The highest BCUT2D eigenvalue weighted by Gasteiger charge is 2.09. The molecule has 0 atom stereocenters. The van der Waals surface area contributed by atoms with E-state index in [9.17, 15) is 4.79 Å². The summed E-state index contributed by atoms with van der Waals surface area (Å²) in [4.78, 5) is 16.5. The Balaban J connectivity index is 2.03. The predicted molar refractivity (Wildman–Crippen MR) is 70.7 cm³/mol. The Kier molecular flexibility index (Phi) is 4.55. The molecule has 2 N–H and O–H groups in total. The maximum Gasteiger partial charge on any atom is 0.258 e. The SMILES string of the molecule is O=C(Nc1nccnn1)c1csc(C#CCCO)c1. The molecule has 0 radical (unpaired) electrons. The summed E-state index contributed by atoms with van der Waals surface area (Å²) in [6, 6.07) is 1.68. The second-order valence-electron chi connectivity index (χ2n) is 3.40. The third-order valence-electron chi connectivity index (χ3n) is 2.02. The first-order valence-corrected chi connectivity index (χ1v) is 6.31. The van der Waals surface area contributed by atoms with Crippen LogP contribution in [-0.4, -0.2) is 32.8 Å². The van der Waals surface area contributed by atoms with Crippen LogP contribution in [0.25, 0.3) is 0 Å². The van der Waals surface area contributed by atoms with E-state index in [1.807, 2.05) is 0 Å². The number of hydrogen-bond donors (Lipinski definition) is 2. The lowest BCUT2D eigenvalue weighted by Crippen LogP contribution is -2.13. The van der Waals surface area contributed by atoms with Gasteiger partial charge in [0, 0.05) is 11.8 Å². The van der Waals surface area contributed by atoms with E-state index in [1.165, 1.54) is 23.7 Å². The number of nitrogens with one attached hydrogen (secondary N) is 1. The monoisotopic (exact) mass is 274 g/mol. The summed E-state index contributed by atoms with van der Waals surface area (Å²) in [5.74, 6) is 5.52. The van der Waals surface area contributed by atoms with Crippen molar-refractivity contribution >= 4 is 23.2 Å². The normalized spacial score (nSPS) is 9.53.